The van der Waals surface area contributed by atoms with Crippen molar-refractivity contribution in [1.29, 1.82) is 0 Å². The van der Waals surface area contributed by atoms with Crippen molar-refractivity contribution < 1.29 is 18.3 Å². The highest BCUT2D eigenvalue weighted by Gasteiger charge is 2.22. The first kappa shape index (κ1) is 19.0. The molecule has 0 bridgehead atoms. The summed E-state index contributed by atoms with van der Waals surface area (Å²) in [4.78, 5) is 11.1. The van der Waals surface area contributed by atoms with Crippen LogP contribution < -0.4 is 10.0 Å². The molecule has 2 aromatic rings. The SMILES string of the molecule is CC(C)NS(=O)(=O)c1cc(C(=O)O)ccc1N[C@H](C)c1ccccc1. The van der Waals surface area contributed by atoms with Crippen molar-refractivity contribution in [2.45, 2.75) is 37.8 Å². The minimum atomic E-state index is -3.85. The number of benzene rings is 2. The molecule has 0 aromatic heterocycles. The van der Waals surface area contributed by atoms with E-state index in [0.29, 0.717) is 5.69 Å². The van der Waals surface area contributed by atoms with Crippen LogP contribution in [0.5, 0.6) is 0 Å². The molecule has 7 heteroatoms. The fourth-order valence-electron chi connectivity index (χ4n) is 2.43. The van der Waals surface area contributed by atoms with Crippen molar-refractivity contribution in [1.82, 2.24) is 4.72 Å². The van der Waals surface area contributed by atoms with Crippen LogP contribution in [0, 0.1) is 0 Å². The van der Waals surface area contributed by atoms with Crippen molar-refractivity contribution in [2.75, 3.05) is 5.32 Å². The summed E-state index contributed by atoms with van der Waals surface area (Å²) in [5.41, 5.74) is 1.27. The molecule has 0 fully saturated rings. The molecule has 0 aliphatic carbocycles. The molecule has 0 saturated carbocycles. The van der Waals surface area contributed by atoms with Gasteiger partial charge in [-0.25, -0.2) is 17.9 Å². The van der Waals surface area contributed by atoms with Crippen LogP contribution in [0.4, 0.5) is 5.69 Å². The third-order valence-electron chi connectivity index (χ3n) is 3.58. The average Bonchev–Trinajstić information content (AvgIpc) is 2.54. The van der Waals surface area contributed by atoms with E-state index in [1.165, 1.54) is 18.2 Å². The number of aromatic carboxylic acids is 1. The third-order valence-corrected chi connectivity index (χ3v) is 5.28. The van der Waals surface area contributed by atoms with Crippen molar-refractivity contribution in [3.63, 3.8) is 0 Å². The van der Waals surface area contributed by atoms with Gasteiger partial charge >= 0.3 is 5.97 Å². The van der Waals surface area contributed by atoms with Gasteiger partial charge in [0.15, 0.2) is 0 Å². The first-order chi connectivity index (χ1) is 11.7. The van der Waals surface area contributed by atoms with E-state index >= 15 is 0 Å². The lowest BCUT2D eigenvalue weighted by Gasteiger charge is -2.20. The standard InChI is InChI=1S/C18H22N2O4S/c1-12(2)20-25(23,24)17-11-15(18(21)22)9-10-16(17)19-13(3)14-7-5-4-6-8-14/h4-13,19-20H,1-3H3,(H,21,22)/t13-/m1/s1. The van der Waals surface area contributed by atoms with Gasteiger partial charge in [-0.05, 0) is 44.5 Å². The van der Waals surface area contributed by atoms with Crippen LogP contribution in [-0.2, 0) is 10.0 Å². The van der Waals surface area contributed by atoms with Gasteiger partial charge in [-0.1, -0.05) is 30.3 Å². The fourth-order valence-corrected chi connectivity index (χ4v) is 3.88. The normalized spacial score (nSPS) is 12.8. The maximum Gasteiger partial charge on any atom is 0.335 e. The Morgan fingerprint density at radius 1 is 1.04 bits per heavy atom. The highest BCUT2D eigenvalue weighted by Crippen LogP contribution is 2.27. The maximum atomic E-state index is 12.6. The zero-order valence-corrected chi connectivity index (χ0v) is 15.2. The molecule has 0 aliphatic rings. The molecule has 0 saturated heterocycles. The van der Waals surface area contributed by atoms with Gasteiger partial charge in [0.1, 0.15) is 4.90 Å². The van der Waals surface area contributed by atoms with E-state index in [0.717, 1.165) is 5.56 Å². The van der Waals surface area contributed by atoms with Crippen molar-refractivity contribution in [2.24, 2.45) is 0 Å². The molecular formula is C18H22N2O4S. The smallest absolute Gasteiger partial charge is 0.335 e. The fraction of sp³-hybridized carbons (Fsp3) is 0.278. The monoisotopic (exact) mass is 362 g/mol. The second-order valence-electron chi connectivity index (χ2n) is 6.07. The van der Waals surface area contributed by atoms with Crippen LogP contribution in [0.2, 0.25) is 0 Å². The molecule has 2 aromatic carbocycles. The van der Waals surface area contributed by atoms with Crippen LogP contribution in [0.25, 0.3) is 0 Å². The number of rotatable bonds is 7. The lowest BCUT2D eigenvalue weighted by molar-refractivity contribution is 0.0696. The number of hydrogen-bond donors (Lipinski definition) is 3. The van der Waals surface area contributed by atoms with Crippen LogP contribution in [0.1, 0.15) is 42.7 Å². The molecule has 0 amide bonds. The summed E-state index contributed by atoms with van der Waals surface area (Å²) < 4.78 is 27.7. The van der Waals surface area contributed by atoms with Crippen molar-refractivity contribution in [3.05, 3.63) is 59.7 Å². The number of carbonyl (C=O) groups is 1. The zero-order valence-electron chi connectivity index (χ0n) is 14.4. The number of anilines is 1. The number of carboxylic acid groups (broad SMARTS) is 1. The summed E-state index contributed by atoms with van der Waals surface area (Å²) >= 11 is 0. The number of carboxylic acids is 1. The molecule has 3 N–H and O–H groups in total. The second-order valence-corrected chi connectivity index (χ2v) is 7.75. The Hall–Kier alpha value is -2.38. The van der Waals surface area contributed by atoms with E-state index in [1.807, 2.05) is 37.3 Å². The Morgan fingerprint density at radius 2 is 1.68 bits per heavy atom. The molecule has 6 nitrogen and oxygen atoms in total. The summed E-state index contributed by atoms with van der Waals surface area (Å²) in [7, 11) is -3.85. The summed E-state index contributed by atoms with van der Waals surface area (Å²) in [5.74, 6) is -1.18. The molecule has 134 valence electrons. The molecule has 1 atom stereocenters. The van der Waals surface area contributed by atoms with Gasteiger partial charge in [-0.2, -0.15) is 0 Å². The summed E-state index contributed by atoms with van der Waals surface area (Å²) in [5, 5.41) is 12.3. The van der Waals surface area contributed by atoms with E-state index in [-0.39, 0.29) is 22.5 Å². The van der Waals surface area contributed by atoms with E-state index in [4.69, 9.17) is 0 Å². The lowest BCUT2D eigenvalue weighted by atomic mass is 10.1. The molecule has 0 aliphatic heterocycles. The van der Waals surface area contributed by atoms with Crippen LogP contribution in [0.3, 0.4) is 0 Å². The molecule has 0 radical (unpaired) electrons. The maximum absolute atomic E-state index is 12.6. The van der Waals surface area contributed by atoms with E-state index in [9.17, 15) is 18.3 Å². The van der Waals surface area contributed by atoms with Gasteiger partial charge in [0, 0.05) is 12.1 Å². The molecule has 0 spiro atoms. The third kappa shape index (κ3) is 4.80. The topological polar surface area (TPSA) is 95.5 Å². The van der Waals surface area contributed by atoms with Gasteiger partial charge in [-0.15, -0.1) is 0 Å². The summed E-state index contributed by atoms with van der Waals surface area (Å²) in [6.45, 7) is 5.32. The predicted octanol–water partition coefficient (Wildman–Crippen LogP) is 3.24. The first-order valence-electron chi connectivity index (χ1n) is 7.92. The molecule has 2 rings (SSSR count). The predicted molar refractivity (Wildman–Crippen MR) is 97.3 cm³/mol. The number of hydrogen-bond acceptors (Lipinski definition) is 4. The van der Waals surface area contributed by atoms with Gasteiger partial charge in [0.25, 0.3) is 0 Å². The zero-order chi connectivity index (χ0) is 18.6. The van der Waals surface area contributed by atoms with E-state index in [1.54, 1.807) is 13.8 Å². The van der Waals surface area contributed by atoms with E-state index < -0.39 is 16.0 Å². The highest BCUT2D eigenvalue weighted by molar-refractivity contribution is 7.89. The Balaban J connectivity index is 2.45. The Labute approximate surface area is 147 Å². The average molecular weight is 362 g/mol. The van der Waals surface area contributed by atoms with Gasteiger partial charge < -0.3 is 10.4 Å². The van der Waals surface area contributed by atoms with Crippen LogP contribution in [0.15, 0.2) is 53.4 Å². The molecule has 0 unspecified atom stereocenters. The Bertz CT molecular complexity index is 849. The Morgan fingerprint density at radius 3 is 2.24 bits per heavy atom. The number of sulfonamides is 1. The van der Waals surface area contributed by atoms with Crippen molar-refractivity contribution >= 4 is 21.7 Å². The van der Waals surface area contributed by atoms with Gasteiger partial charge in [-0.3, -0.25) is 0 Å². The lowest BCUT2D eigenvalue weighted by Crippen LogP contribution is -2.31. The minimum Gasteiger partial charge on any atom is -0.478 e. The van der Waals surface area contributed by atoms with Crippen LogP contribution >= 0.6 is 0 Å². The highest BCUT2D eigenvalue weighted by atomic mass is 32.2. The summed E-state index contributed by atoms with van der Waals surface area (Å²) in [6.07, 6.45) is 0. The molecule has 25 heavy (non-hydrogen) atoms. The van der Waals surface area contributed by atoms with E-state index in [2.05, 4.69) is 10.0 Å². The minimum absolute atomic E-state index is 0.0797. The van der Waals surface area contributed by atoms with Gasteiger partial charge in [0.05, 0.1) is 11.3 Å². The quantitative estimate of drug-likeness (QED) is 0.703. The summed E-state index contributed by atoms with van der Waals surface area (Å²) in [6, 6.07) is 13.2. The van der Waals surface area contributed by atoms with Gasteiger partial charge in [0.2, 0.25) is 10.0 Å². The number of nitrogens with one attached hydrogen (secondary N) is 2. The largest absolute Gasteiger partial charge is 0.478 e. The molecule has 0 heterocycles. The van der Waals surface area contributed by atoms with Crippen LogP contribution in [-0.4, -0.2) is 25.5 Å². The van der Waals surface area contributed by atoms with Crippen molar-refractivity contribution in [3.8, 4) is 0 Å². The Kier molecular flexibility index (Phi) is 5.81. The molecular weight excluding hydrogens is 340 g/mol. The first-order valence-corrected chi connectivity index (χ1v) is 9.40. The second kappa shape index (κ2) is 7.67.